The number of carbonyl (C=O) groups is 2. The molecular weight excluding hydrogens is 597 g/mol. The highest BCUT2D eigenvalue weighted by atomic mass is 32.2. The van der Waals surface area contributed by atoms with E-state index in [9.17, 15) is 14.7 Å². The maximum atomic E-state index is 16.1. The van der Waals surface area contributed by atoms with Gasteiger partial charge in [0.05, 0.1) is 24.0 Å². The first kappa shape index (κ1) is 29.4. The van der Waals surface area contributed by atoms with Crippen LogP contribution in [0.25, 0.3) is 22.0 Å². The van der Waals surface area contributed by atoms with Gasteiger partial charge in [-0.2, -0.15) is 5.10 Å². The first-order chi connectivity index (χ1) is 21.6. The quantitative estimate of drug-likeness (QED) is 0.228. The van der Waals surface area contributed by atoms with Gasteiger partial charge in [-0.25, -0.2) is 9.37 Å². The van der Waals surface area contributed by atoms with Gasteiger partial charge >= 0.3 is 5.97 Å². The standard InChI is InChI=1S/C32H34FN7O4S/c1-31(35-12-16-45-31)36-30(43)29(28-24-3-2-13-39(24)19-34-28)40-18-21-6-9-23(26(33)27(21)37-40)20-4-7-22(8-5-20)38-14-10-32(44,11-15-38)17-25(41)42/h4-9,12,16,18-19,29,35,44H,2-3,10-11,13-15,17H2,1H3,(H,36,43)(H,41,42). The maximum absolute atomic E-state index is 16.1. The Bertz CT molecular complexity index is 1800. The zero-order valence-electron chi connectivity index (χ0n) is 24.7. The molecule has 0 saturated carbocycles. The third-order valence-electron chi connectivity index (χ3n) is 9.01. The smallest absolute Gasteiger partial charge is 0.306 e. The summed E-state index contributed by atoms with van der Waals surface area (Å²) in [5.74, 6) is -1.78. The number of carboxylic acids is 1. The van der Waals surface area contributed by atoms with Crippen molar-refractivity contribution in [2.75, 3.05) is 18.0 Å². The number of aryl methyl sites for hydroxylation is 1. The number of hydrogen-bond acceptors (Lipinski definition) is 8. The third-order valence-corrected chi connectivity index (χ3v) is 9.97. The van der Waals surface area contributed by atoms with Gasteiger partial charge in [-0.1, -0.05) is 36.0 Å². The number of aromatic nitrogens is 4. The van der Waals surface area contributed by atoms with E-state index in [1.54, 1.807) is 24.8 Å². The van der Waals surface area contributed by atoms with Crippen molar-refractivity contribution in [3.8, 4) is 11.1 Å². The fourth-order valence-corrected chi connectivity index (χ4v) is 7.29. The van der Waals surface area contributed by atoms with E-state index in [0.717, 1.165) is 30.8 Å². The van der Waals surface area contributed by atoms with Crippen LogP contribution >= 0.6 is 11.8 Å². The van der Waals surface area contributed by atoms with Crippen molar-refractivity contribution in [3.05, 3.63) is 77.7 Å². The Kier molecular flexibility index (Phi) is 7.32. The lowest BCUT2D eigenvalue weighted by Crippen LogP contribution is -2.52. The number of carbonyl (C=O) groups excluding carboxylic acids is 1. The summed E-state index contributed by atoms with van der Waals surface area (Å²) in [5, 5.41) is 33.0. The highest BCUT2D eigenvalue weighted by Gasteiger charge is 2.37. The number of imidazole rings is 1. The van der Waals surface area contributed by atoms with E-state index in [-0.39, 0.29) is 17.8 Å². The van der Waals surface area contributed by atoms with Crippen LogP contribution in [0.4, 0.5) is 10.1 Å². The summed E-state index contributed by atoms with van der Waals surface area (Å²) in [5.41, 5.74) is 2.57. The van der Waals surface area contributed by atoms with E-state index >= 15 is 4.39 Å². The number of halogens is 1. The molecule has 3 aliphatic rings. The zero-order valence-corrected chi connectivity index (χ0v) is 25.6. The van der Waals surface area contributed by atoms with Gasteiger partial charge < -0.3 is 30.3 Å². The minimum absolute atomic E-state index is 0.167. The predicted molar refractivity (Wildman–Crippen MR) is 169 cm³/mol. The number of rotatable bonds is 8. The number of anilines is 1. The molecule has 0 aliphatic carbocycles. The topological polar surface area (TPSA) is 138 Å². The molecule has 0 spiro atoms. The second kappa shape index (κ2) is 11.2. The lowest BCUT2D eigenvalue weighted by atomic mass is 9.88. The van der Waals surface area contributed by atoms with Crippen LogP contribution in [0.3, 0.4) is 0 Å². The molecule has 0 radical (unpaired) electrons. The second-order valence-corrected chi connectivity index (χ2v) is 13.5. The SMILES string of the molecule is CC1(NC(=O)C(c2ncn3c2CCC3)n2cc3ccc(-c4ccc(N5CCC(O)(CC(=O)O)CC5)cc4)c(F)c3n2)NC=CS1. The summed E-state index contributed by atoms with van der Waals surface area (Å²) in [4.78, 5) is 31.0. The molecule has 234 valence electrons. The van der Waals surface area contributed by atoms with Crippen LogP contribution in [-0.4, -0.2) is 65.1 Å². The number of fused-ring (bicyclic) bond motifs is 2. The van der Waals surface area contributed by atoms with E-state index in [4.69, 9.17) is 5.11 Å². The Morgan fingerprint density at radius 3 is 2.64 bits per heavy atom. The van der Waals surface area contributed by atoms with Gasteiger partial charge in [0.15, 0.2) is 16.9 Å². The molecule has 4 N–H and O–H groups in total. The van der Waals surface area contributed by atoms with Crippen LogP contribution in [0.5, 0.6) is 0 Å². The number of hydrogen-bond donors (Lipinski definition) is 4. The zero-order chi connectivity index (χ0) is 31.3. The van der Waals surface area contributed by atoms with Gasteiger partial charge in [-0.3, -0.25) is 14.3 Å². The number of thioether (sulfide) groups is 1. The number of nitrogens with one attached hydrogen (secondary N) is 2. The summed E-state index contributed by atoms with van der Waals surface area (Å²) >= 11 is 1.45. The molecule has 2 aromatic heterocycles. The molecule has 11 nitrogen and oxygen atoms in total. The van der Waals surface area contributed by atoms with Gasteiger partial charge in [0.25, 0.3) is 5.91 Å². The van der Waals surface area contributed by atoms with Gasteiger partial charge in [0.2, 0.25) is 0 Å². The lowest BCUT2D eigenvalue weighted by molar-refractivity contribution is -0.143. The number of aliphatic carboxylic acids is 1. The van der Waals surface area contributed by atoms with Gasteiger partial charge in [-0.05, 0) is 55.7 Å². The number of aliphatic hydroxyl groups is 1. The monoisotopic (exact) mass is 631 g/mol. The van der Waals surface area contributed by atoms with E-state index in [1.807, 2.05) is 42.7 Å². The van der Waals surface area contributed by atoms with E-state index < -0.39 is 28.4 Å². The normalized spacial score (nSPS) is 21.1. The van der Waals surface area contributed by atoms with Crippen molar-refractivity contribution in [2.24, 2.45) is 0 Å². The highest BCUT2D eigenvalue weighted by Crippen LogP contribution is 2.35. The van der Waals surface area contributed by atoms with Crippen LogP contribution in [0.1, 0.15) is 50.0 Å². The molecular formula is C32H34FN7O4S. The molecule has 7 rings (SSSR count). The van der Waals surface area contributed by atoms with Crippen LogP contribution in [-0.2, 0) is 22.6 Å². The molecule has 3 aliphatic heterocycles. The van der Waals surface area contributed by atoms with Crippen molar-refractivity contribution in [1.29, 1.82) is 0 Å². The summed E-state index contributed by atoms with van der Waals surface area (Å²) in [6, 6.07) is 10.2. The van der Waals surface area contributed by atoms with Gasteiger partial charge in [0.1, 0.15) is 5.52 Å². The molecule has 2 unspecified atom stereocenters. The van der Waals surface area contributed by atoms with Gasteiger partial charge in [-0.15, -0.1) is 0 Å². The van der Waals surface area contributed by atoms with Gasteiger partial charge in [0, 0.05) is 54.4 Å². The Morgan fingerprint density at radius 1 is 1.16 bits per heavy atom. The fraction of sp³-hybridized carbons (Fsp3) is 0.375. The van der Waals surface area contributed by atoms with E-state index in [1.165, 1.54) is 16.4 Å². The minimum Gasteiger partial charge on any atom is -0.481 e. The van der Waals surface area contributed by atoms with Crippen molar-refractivity contribution in [1.82, 2.24) is 30.0 Å². The van der Waals surface area contributed by atoms with Crippen LogP contribution in [0.2, 0.25) is 0 Å². The molecule has 0 bridgehead atoms. The van der Waals surface area contributed by atoms with Crippen molar-refractivity contribution < 1.29 is 24.2 Å². The predicted octanol–water partition coefficient (Wildman–Crippen LogP) is 3.98. The maximum Gasteiger partial charge on any atom is 0.306 e. The molecule has 2 aromatic carbocycles. The number of carboxylic acid groups (broad SMARTS) is 1. The van der Waals surface area contributed by atoms with Crippen molar-refractivity contribution in [2.45, 2.75) is 62.2 Å². The first-order valence-corrected chi connectivity index (χ1v) is 15.9. The Labute approximate surface area is 263 Å². The summed E-state index contributed by atoms with van der Waals surface area (Å²) in [7, 11) is 0. The Hall–Kier alpha value is -4.36. The summed E-state index contributed by atoms with van der Waals surface area (Å²) in [6.07, 6.45) is 7.49. The minimum atomic E-state index is -1.19. The fourth-order valence-electron chi connectivity index (χ4n) is 6.59. The largest absolute Gasteiger partial charge is 0.481 e. The number of nitrogens with zero attached hydrogens (tertiary/aromatic N) is 5. The number of amides is 1. The molecule has 45 heavy (non-hydrogen) atoms. The summed E-state index contributed by atoms with van der Waals surface area (Å²) in [6.45, 7) is 3.78. The van der Waals surface area contributed by atoms with Crippen molar-refractivity contribution in [3.63, 3.8) is 0 Å². The lowest BCUT2D eigenvalue weighted by Gasteiger charge is -2.38. The molecule has 1 saturated heterocycles. The Morgan fingerprint density at radius 2 is 1.93 bits per heavy atom. The van der Waals surface area contributed by atoms with Crippen LogP contribution in [0.15, 0.2) is 60.5 Å². The molecule has 5 heterocycles. The number of piperidine rings is 1. The van der Waals surface area contributed by atoms with Crippen LogP contribution in [0, 0.1) is 5.82 Å². The third kappa shape index (κ3) is 5.54. The summed E-state index contributed by atoms with van der Waals surface area (Å²) < 4.78 is 19.7. The van der Waals surface area contributed by atoms with E-state index in [0.29, 0.717) is 48.1 Å². The average Bonchev–Trinajstić information content (AvgIpc) is 3.80. The molecule has 1 amide bonds. The highest BCUT2D eigenvalue weighted by molar-refractivity contribution is 8.03. The second-order valence-electron chi connectivity index (χ2n) is 12.2. The van der Waals surface area contributed by atoms with E-state index in [2.05, 4.69) is 30.2 Å². The Balaban J connectivity index is 1.16. The number of benzene rings is 2. The molecule has 1 fully saturated rings. The van der Waals surface area contributed by atoms with Crippen molar-refractivity contribution >= 4 is 40.2 Å². The average molecular weight is 632 g/mol. The molecule has 2 atom stereocenters. The molecule has 13 heteroatoms. The van der Waals surface area contributed by atoms with Crippen LogP contribution < -0.4 is 15.5 Å². The first-order valence-electron chi connectivity index (χ1n) is 15.0. The molecule has 4 aromatic rings.